The molecule has 0 bridgehead atoms. The maximum absolute atomic E-state index is 12.5. The molecule has 142 valence electrons. The fourth-order valence-electron chi connectivity index (χ4n) is 2.92. The summed E-state index contributed by atoms with van der Waals surface area (Å²) in [5.41, 5.74) is 1.00. The molecule has 0 N–H and O–H groups in total. The Kier molecular flexibility index (Phi) is 5.64. The quantitative estimate of drug-likeness (QED) is 0.759. The maximum Gasteiger partial charge on any atom is 0.352 e. The van der Waals surface area contributed by atoms with E-state index in [-0.39, 0.29) is 5.91 Å². The molecule has 2 aromatic rings. The molecule has 27 heavy (non-hydrogen) atoms. The Morgan fingerprint density at radius 1 is 1.04 bits per heavy atom. The van der Waals surface area contributed by atoms with Gasteiger partial charge in [0, 0.05) is 13.6 Å². The van der Waals surface area contributed by atoms with Gasteiger partial charge in [-0.2, -0.15) is 0 Å². The molecule has 1 aliphatic heterocycles. The van der Waals surface area contributed by atoms with E-state index in [9.17, 15) is 9.59 Å². The number of benzene rings is 2. The van der Waals surface area contributed by atoms with Gasteiger partial charge >= 0.3 is 5.97 Å². The number of carbonyl (C=O) groups is 2. The number of amides is 1. The third-order valence-corrected chi connectivity index (χ3v) is 4.35. The molecule has 0 saturated heterocycles. The Bertz CT molecular complexity index is 807. The van der Waals surface area contributed by atoms with E-state index >= 15 is 0 Å². The zero-order chi connectivity index (χ0) is 19.4. The summed E-state index contributed by atoms with van der Waals surface area (Å²) in [7, 11) is 1.68. The summed E-state index contributed by atoms with van der Waals surface area (Å²) in [6, 6.07) is 16.7. The van der Waals surface area contributed by atoms with Gasteiger partial charge in [-0.15, -0.1) is 0 Å². The molecule has 0 spiro atoms. The number of fused-ring (bicyclic) bond motifs is 1. The normalized spacial score (nSPS) is 19.1. The van der Waals surface area contributed by atoms with Crippen LogP contribution in [0.2, 0.25) is 0 Å². The summed E-state index contributed by atoms with van der Waals surface area (Å²) < 4.78 is 16.8. The van der Waals surface area contributed by atoms with Gasteiger partial charge in [0.1, 0.15) is 6.10 Å². The van der Waals surface area contributed by atoms with Gasteiger partial charge in [0.15, 0.2) is 17.6 Å². The molecule has 0 fully saturated rings. The van der Waals surface area contributed by atoms with Gasteiger partial charge in [0.05, 0.1) is 0 Å². The highest BCUT2D eigenvalue weighted by Crippen LogP contribution is 2.33. The van der Waals surface area contributed by atoms with Gasteiger partial charge in [0.25, 0.3) is 5.91 Å². The van der Waals surface area contributed by atoms with E-state index in [4.69, 9.17) is 14.2 Å². The van der Waals surface area contributed by atoms with E-state index in [0.717, 1.165) is 5.56 Å². The number of carbonyl (C=O) groups excluding carboxylic acids is 2. The molecule has 1 heterocycles. The van der Waals surface area contributed by atoms with Crippen molar-refractivity contribution >= 4 is 11.9 Å². The lowest BCUT2D eigenvalue weighted by atomic mass is 10.2. The van der Waals surface area contributed by atoms with E-state index in [2.05, 4.69) is 0 Å². The van der Waals surface area contributed by atoms with Crippen LogP contribution in [0.25, 0.3) is 0 Å². The minimum absolute atomic E-state index is 0.281. The lowest BCUT2D eigenvalue weighted by molar-refractivity contribution is -0.169. The van der Waals surface area contributed by atoms with Gasteiger partial charge < -0.3 is 19.1 Å². The Hall–Kier alpha value is -3.02. The van der Waals surface area contributed by atoms with Gasteiger partial charge in [-0.25, -0.2) is 4.79 Å². The zero-order valence-electron chi connectivity index (χ0n) is 15.6. The SMILES string of the molecule is CC(OC(=O)C1Oc2ccccc2OC1C)C(=O)N(C)Cc1ccccc1. The Labute approximate surface area is 158 Å². The molecular weight excluding hydrogens is 346 g/mol. The summed E-state index contributed by atoms with van der Waals surface area (Å²) in [4.78, 5) is 26.6. The molecule has 1 amide bonds. The standard InChI is InChI=1S/C21H23NO5/c1-14-19(27-18-12-8-7-11-17(18)25-14)21(24)26-15(2)20(23)22(3)13-16-9-5-4-6-10-16/h4-12,14-15,19H,13H2,1-3H3. The second-order valence-corrected chi connectivity index (χ2v) is 6.57. The second-order valence-electron chi connectivity index (χ2n) is 6.57. The highest BCUT2D eigenvalue weighted by molar-refractivity contribution is 5.85. The molecule has 0 aromatic heterocycles. The molecule has 3 atom stereocenters. The van der Waals surface area contributed by atoms with Gasteiger partial charge in [-0.3, -0.25) is 4.79 Å². The first-order valence-electron chi connectivity index (χ1n) is 8.87. The van der Waals surface area contributed by atoms with Crippen molar-refractivity contribution in [3.63, 3.8) is 0 Å². The minimum atomic E-state index is -0.922. The summed E-state index contributed by atoms with van der Waals surface area (Å²) in [6.45, 7) is 3.73. The van der Waals surface area contributed by atoms with E-state index < -0.39 is 24.3 Å². The number of nitrogens with zero attached hydrogens (tertiary/aromatic N) is 1. The molecule has 3 unspecified atom stereocenters. The van der Waals surface area contributed by atoms with Crippen LogP contribution in [-0.2, 0) is 20.9 Å². The first-order chi connectivity index (χ1) is 13.0. The van der Waals surface area contributed by atoms with Crippen LogP contribution in [0.3, 0.4) is 0 Å². The van der Waals surface area contributed by atoms with Crippen molar-refractivity contribution in [2.24, 2.45) is 0 Å². The van der Waals surface area contributed by atoms with Crippen LogP contribution in [0.5, 0.6) is 11.5 Å². The second kappa shape index (κ2) is 8.12. The fraction of sp³-hybridized carbons (Fsp3) is 0.333. The van der Waals surface area contributed by atoms with Crippen LogP contribution in [-0.4, -0.2) is 42.1 Å². The molecular formula is C21H23NO5. The Morgan fingerprint density at radius 2 is 1.63 bits per heavy atom. The van der Waals surface area contributed by atoms with Crippen molar-refractivity contribution in [1.82, 2.24) is 4.90 Å². The van der Waals surface area contributed by atoms with Crippen LogP contribution in [0.1, 0.15) is 19.4 Å². The average molecular weight is 369 g/mol. The predicted octanol–water partition coefficient (Wildman–Crippen LogP) is 2.81. The minimum Gasteiger partial charge on any atom is -0.482 e. The molecule has 0 saturated carbocycles. The van der Waals surface area contributed by atoms with Crippen molar-refractivity contribution in [2.45, 2.75) is 38.7 Å². The van der Waals surface area contributed by atoms with Crippen LogP contribution in [0.4, 0.5) is 0 Å². The summed E-state index contributed by atoms with van der Waals surface area (Å²) in [5, 5.41) is 0. The number of hydrogen-bond acceptors (Lipinski definition) is 5. The number of esters is 1. The van der Waals surface area contributed by atoms with Crippen molar-refractivity contribution < 1.29 is 23.8 Å². The van der Waals surface area contributed by atoms with Crippen molar-refractivity contribution in [3.8, 4) is 11.5 Å². The molecule has 0 aliphatic carbocycles. The molecule has 1 aliphatic rings. The monoisotopic (exact) mass is 369 g/mol. The topological polar surface area (TPSA) is 65.1 Å². The van der Waals surface area contributed by atoms with E-state index in [1.807, 2.05) is 36.4 Å². The van der Waals surface area contributed by atoms with Crippen molar-refractivity contribution in [3.05, 3.63) is 60.2 Å². The average Bonchev–Trinajstić information content (AvgIpc) is 2.67. The Morgan fingerprint density at radius 3 is 2.30 bits per heavy atom. The van der Waals surface area contributed by atoms with Gasteiger partial charge in [0.2, 0.25) is 6.10 Å². The lowest BCUT2D eigenvalue weighted by Gasteiger charge is -2.31. The largest absolute Gasteiger partial charge is 0.482 e. The highest BCUT2D eigenvalue weighted by atomic mass is 16.6. The molecule has 3 rings (SSSR count). The highest BCUT2D eigenvalue weighted by Gasteiger charge is 2.37. The van der Waals surface area contributed by atoms with Gasteiger partial charge in [-0.05, 0) is 31.5 Å². The van der Waals surface area contributed by atoms with E-state index in [0.29, 0.717) is 18.0 Å². The number of rotatable bonds is 5. The first kappa shape index (κ1) is 18.8. The van der Waals surface area contributed by atoms with Crippen LogP contribution in [0, 0.1) is 0 Å². The third kappa shape index (κ3) is 4.39. The molecule has 6 heteroatoms. The van der Waals surface area contributed by atoms with Crippen molar-refractivity contribution in [1.29, 1.82) is 0 Å². The maximum atomic E-state index is 12.5. The molecule has 6 nitrogen and oxygen atoms in total. The van der Waals surface area contributed by atoms with E-state index in [1.165, 1.54) is 4.90 Å². The lowest BCUT2D eigenvalue weighted by Crippen LogP contribution is -2.47. The summed E-state index contributed by atoms with van der Waals surface area (Å²) >= 11 is 0. The fourth-order valence-corrected chi connectivity index (χ4v) is 2.92. The molecule has 2 aromatic carbocycles. The zero-order valence-corrected chi connectivity index (χ0v) is 15.6. The van der Waals surface area contributed by atoms with E-state index in [1.54, 1.807) is 39.1 Å². The third-order valence-electron chi connectivity index (χ3n) is 4.35. The van der Waals surface area contributed by atoms with Crippen LogP contribution >= 0.6 is 0 Å². The summed E-state index contributed by atoms with van der Waals surface area (Å²) in [6.07, 6.45) is -2.36. The number of likely N-dealkylation sites (N-methyl/N-ethyl adjacent to an activating group) is 1. The van der Waals surface area contributed by atoms with Crippen LogP contribution in [0.15, 0.2) is 54.6 Å². The van der Waals surface area contributed by atoms with Crippen molar-refractivity contribution in [2.75, 3.05) is 7.05 Å². The number of ether oxygens (including phenoxy) is 3. The van der Waals surface area contributed by atoms with Gasteiger partial charge in [-0.1, -0.05) is 42.5 Å². The number of para-hydroxylation sites is 2. The smallest absolute Gasteiger partial charge is 0.352 e. The summed E-state index contributed by atoms with van der Waals surface area (Å²) in [5.74, 6) is 0.168. The Balaban J connectivity index is 1.59. The predicted molar refractivity (Wildman–Crippen MR) is 99.4 cm³/mol. The first-order valence-corrected chi connectivity index (χ1v) is 8.87. The number of hydrogen-bond donors (Lipinski definition) is 0. The molecule has 0 radical (unpaired) electrons. The van der Waals surface area contributed by atoms with Crippen LogP contribution < -0.4 is 9.47 Å².